The third-order valence-corrected chi connectivity index (χ3v) is 4.45. The van der Waals surface area contributed by atoms with Gasteiger partial charge in [-0.2, -0.15) is 0 Å². The summed E-state index contributed by atoms with van der Waals surface area (Å²) in [6.45, 7) is 7.28. The first-order chi connectivity index (χ1) is 9.79. The van der Waals surface area contributed by atoms with E-state index in [1.54, 1.807) is 0 Å². The SMILES string of the molecule is O=C(CN1CCN(CCO)CC1)N1CCCCCCC1. The highest BCUT2D eigenvalue weighted by Crippen LogP contribution is 2.11. The quantitative estimate of drug-likeness (QED) is 0.811. The van der Waals surface area contributed by atoms with E-state index in [4.69, 9.17) is 5.11 Å². The molecule has 116 valence electrons. The van der Waals surface area contributed by atoms with Crippen molar-refractivity contribution >= 4 is 5.91 Å². The van der Waals surface area contributed by atoms with Crippen LogP contribution in [0.5, 0.6) is 0 Å². The summed E-state index contributed by atoms with van der Waals surface area (Å²) < 4.78 is 0. The average Bonchev–Trinajstić information content (AvgIpc) is 2.41. The molecule has 0 saturated carbocycles. The predicted octanol–water partition coefficient (Wildman–Crippen LogP) is 0.389. The first-order valence-corrected chi connectivity index (χ1v) is 8.13. The highest BCUT2D eigenvalue weighted by Gasteiger charge is 2.21. The largest absolute Gasteiger partial charge is 0.395 e. The van der Waals surface area contributed by atoms with Gasteiger partial charge in [0, 0.05) is 45.8 Å². The van der Waals surface area contributed by atoms with Gasteiger partial charge in [-0.15, -0.1) is 0 Å². The van der Waals surface area contributed by atoms with Crippen LogP contribution in [0.2, 0.25) is 0 Å². The van der Waals surface area contributed by atoms with Crippen LogP contribution < -0.4 is 0 Å². The molecule has 5 heteroatoms. The molecule has 0 aromatic rings. The van der Waals surface area contributed by atoms with Crippen LogP contribution in [0, 0.1) is 0 Å². The minimum absolute atomic E-state index is 0.229. The van der Waals surface area contributed by atoms with E-state index >= 15 is 0 Å². The van der Waals surface area contributed by atoms with E-state index in [9.17, 15) is 4.79 Å². The Bertz CT molecular complexity index is 283. The summed E-state index contributed by atoms with van der Waals surface area (Å²) in [4.78, 5) is 19.0. The molecule has 20 heavy (non-hydrogen) atoms. The third kappa shape index (κ3) is 5.04. The van der Waals surface area contributed by atoms with Crippen LogP contribution >= 0.6 is 0 Å². The zero-order valence-corrected chi connectivity index (χ0v) is 12.6. The van der Waals surface area contributed by atoms with E-state index in [1.807, 2.05) is 0 Å². The van der Waals surface area contributed by atoms with E-state index in [-0.39, 0.29) is 6.61 Å². The minimum atomic E-state index is 0.229. The number of rotatable bonds is 4. The predicted molar refractivity (Wildman–Crippen MR) is 79.6 cm³/mol. The van der Waals surface area contributed by atoms with E-state index in [2.05, 4.69) is 14.7 Å². The van der Waals surface area contributed by atoms with Gasteiger partial charge in [0.25, 0.3) is 0 Å². The third-order valence-electron chi connectivity index (χ3n) is 4.45. The Kier molecular flexibility index (Phi) is 6.76. The van der Waals surface area contributed by atoms with Crippen molar-refractivity contribution in [1.82, 2.24) is 14.7 Å². The van der Waals surface area contributed by atoms with E-state index in [1.165, 1.54) is 19.3 Å². The van der Waals surface area contributed by atoms with E-state index < -0.39 is 0 Å². The minimum Gasteiger partial charge on any atom is -0.395 e. The Hall–Kier alpha value is -0.650. The fourth-order valence-corrected chi connectivity index (χ4v) is 3.10. The van der Waals surface area contributed by atoms with Gasteiger partial charge in [-0.25, -0.2) is 0 Å². The lowest BCUT2D eigenvalue weighted by molar-refractivity contribution is -0.133. The molecule has 2 saturated heterocycles. The molecule has 1 amide bonds. The lowest BCUT2D eigenvalue weighted by Crippen LogP contribution is -2.50. The molecule has 2 aliphatic heterocycles. The zero-order valence-electron chi connectivity index (χ0n) is 12.6. The Morgan fingerprint density at radius 2 is 1.35 bits per heavy atom. The Morgan fingerprint density at radius 3 is 1.95 bits per heavy atom. The first-order valence-electron chi connectivity index (χ1n) is 8.13. The second-order valence-corrected chi connectivity index (χ2v) is 5.99. The van der Waals surface area contributed by atoms with Crippen molar-refractivity contribution in [3.63, 3.8) is 0 Å². The van der Waals surface area contributed by atoms with Crippen molar-refractivity contribution in [2.24, 2.45) is 0 Å². The van der Waals surface area contributed by atoms with Gasteiger partial charge in [0.1, 0.15) is 0 Å². The number of hydrogen-bond acceptors (Lipinski definition) is 4. The molecule has 0 aliphatic carbocycles. The summed E-state index contributed by atoms with van der Waals surface area (Å²) in [5.74, 6) is 0.308. The van der Waals surface area contributed by atoms with Crippen LogP contribution in [0.25, 0.3) is 0 Å². The molecule has 2 heterocycles. The van der Waals surface area contributed by atoms with Crippen LogP contribution in [-0.2, 0) is 4.79 Å². The van der Waals surface area contributed by atoms with Gasteiger partial charge in [0.05, 0.1) is 13.2 Å². The molecule has 2 fully saturated rings. The molecule has 0 bridgehead atoms. The van der Waals surface area contributed by atoms with Crippen molar-refractivity contribution in [3.8, 4) is 0 Å². The summed E-state index contributed by atoms with van der Waals surface area (Å²) in [6.07, 6.45) is 6.19. The number of aliphatic hydroxyl groups excluding tert-OH is 1. The normalized spacial score (nSPS) is 23.4. The van der Waals surface area contributed by atoms with Crippen molar-refractivity contribution in [1.29, 1.82) is 0 Å². The van der Waals surface area contributed by atoms with Gasteiger partial charge in [-0.3, -0.25) is 14.6 Å². The number of hydrogen-bond donors (Lipinski definition) is 1. The number of likely N-dealkylation sites (tertiary alicyclic amines) is 1. The van der Waals surface area contributed by atoms with Gasteiger partial charge in [-0.1, -0.05) is 19.3 Å². The van der Waals surface area contributed by atoms with Crippen molar-refractivity contribution in [3.05, 3.63) is 0 Å². The van der Waals surface area contributed by atoms with Crippen LogP contribution in [0.15, 0.2) is 0 Å². The van der Waals surface area contributed by atoms with Crippen molar-refractivity contribution < 1.29 is 9.90 Å². The Morgan fingerprint density at radius 1 is 0.800 bits per heavy atom. The zero-order chi connectivity index (χ0) is 14.2. The van der Waals surface area contributed by atoms with Gasteiger partial charge in [0.2, 0.25) is 5.91 Å². The van der Waals surface area contributed by atoms with Crippen LogP contribution in [-0.4, -0.2) is 84.7 Å². The smallest absolute Gasteiger partial charge is 0.236 e. The second kappa shape index (κ2) is 8.60. The average molecular weight is 283 g/mol. The molecular weight excluding hydrogens is 254 g/mol. The van der Waals surface area contributed by atoms with E-state index in [0.717, 1.165) is 58.7 Å². The molecule has 0 unspecified atom stereocenters. The second-order valence-electron chi connectivity index (χ2n) is 5.99. The highest BCUT2D eigenvalue weighted by atomic mass is 16.3. The maximum Gasteiger partial charge on any atom is 0.236 e. The number of β-amino-alcohol motifs (C(OH)–C–C–N with tert-alkyl or cyclic N) is 1. The maximum absolute atomic E-state index is 12.4. The molecule has 1 N–H and O–H groups in total. The number of carbonyl (C=O) groups is 1. The number of nitrogens with zero attached hydrogens (tertiary/aromatic N) is 3. The molecule has 0 atom stereocenters. The summed E-state index contributed by atoms with van der Waals surface area (Å²) in [5, 5.41) is 8.93. The molecule has 2 aliphatic rings. The standard InChI is InChI=1S/C15H29N3O2/c19-13-12-16-8-10-17(11-9-16)14-15(20)18-6-4-2-1-3-5-7-18/h19H,1-14H2. The van der Waals surface area contributed by atoms with Crippen LogP contribution in [0.4, 0.5) is 0 Å². The van der Waals surface area contributed by atoms with Crippen molar-refractivity contribution in [2.75, 3.05) is 59.0 Å². The van der Waals surface area contributed by atoms with Crippen molar-refractivity contribution in [2.45, 2.75) is 32.1 Å². The van der Waals surface area contributed by atoms with E-state index in [0.29, 0.717) is 12.5 Å². The van der Waals surface area contributed by atoms with Crippen LogP contribution in [0.1, 0.15) is 32.1 Å². The molecule has 0 radical (unpaired) electrons. The number of amides is 1. The Labute approximate surface area is 122 Å². The van der Waals surface area contributed by atoms with Gasteiger partial charge < -0.3 is 10.0 Å². The lowest BCUT2D eigenvalue weighted by Gasteiger charge is -2.35. The maximum atomic E-state index is 12.4. The summed E-state index contributed by atoms with van der Waals surface area (Å²) in [6, 6.07) is 0. The number of carbonyl (C=O) groups excluding carboxylic acids is 1. The van der Waals surface area contributed by atoms with Gasteiger partial charge >= 0.3 is 0 Å². The number of aliphatic hydroxyl groups is 1. The highest BCUT2D eigenvalue weighted by molar-refractivity contribution is 5.78. The molecule has 5 nitrogen and oxygen atoms in total. The lowest BCUT2D eigenvalue weighted by atomic mass is 10.1. The van der Waals surface area contributed by atoms with Gasteiger partial charge in [0.15, 0.2) is 0 Å². The Balaban J connectivity index is 1.71. The number of piperazine rings is 1. The first kappa shape index (κ1) is 15.7. The molecule has 0 spiro atoms. The summed E-state index contributed by atoms with van der Waals surface area (Å²) >= 11 is 0. The molecule has 0 aromatic carbocycles. The summed E-state index contributed by atoms with van der Waals surface area (Å²) in [5.41, 5.74) is 0. The van der Waals surface area contributed by atoms with Gasteiger partial charge in [-0.05, 0) is 12.8 Å². The molecule has 2 rings (SSSR count). The monoisotopic (exact) mass is 283 g/mol. The fourth-order valence-electron chi connectivity index (χ4n) is 3.10. The summed E-state index contributed by atoms with van der Waals surface area (Å²) in [7, 11) is 0. The fraction of sp³-hybridized carbons (Fsp3) is 0.933. The topological polar surface area (TPSA) is 47.0 Å². The molecule has 0 aromatic heterocycles. The molecular formula is C15H29N3O2. The van der Waals surface area contributed by atoms with Crippen LogP contribution in [0.3, 0.4) is 0 Å².